The molecule has 0 amide bonds. The molecule has 1 heterocycles. The summed E-state index contributed by atoms with van der Waals surface area (Å²) in [5, 5.41) is 13.8. The molecule has 7 nitrogen and oxygen atoms in total. The number of nitrogens with two attached hydrogens (primary N) is 1. The van der Waals surface area contributed by atoms with E-state index >= 15 is 0 Å². The molecule has 1 aliphatic heterocycles. The number of aromatic hydroxyl groups is 1. The summed E-state index contributed by atoms with van der Waals surface area (Å²) < 4.78 is 32.6. The molecule has 0 bridgehead atoms. The first-order chi connectivity index (χ1) is 11.4. The van der Waals surface area contributed by atoms with Gasteiger partial charge in [0.2, 0.25) is 0 Å². The van der Waals surface area contributed by atoms with Crippen molar-refractivity contribution in [3.05, 3.63) is 42.0 Å². The molecule has 0 saturated carbocycles. The number of phenolic OH excluding ortho intramolecular Hbond substituents is 1. The Morgan fingerprint density at radius 2 is 2.08 bits per heavy atom. The minimum atomic E-state index is -4.10. The second-order valence-electron chi connectivity index (χ2n) is 5.56. The van der Waals surface area contributed by atoms with E-state index < -0.39 is 15.1 Å². The molecule has 0 spiro atoms. The predicted octanol–water partition coefficient (Wildman–Crippen LogP) is 1.60. The van der Waals surface area contributed by atoms with Crippen LogP contribution in [0.15, 0.2) is 36.4 Å². The normalized spacial score (nSPS) is 21.9. The summed E-state index contributed by atoms with van der Waals surface area (Å²) in [6, 6.07) is 7.00. The lowest BCUT2D eigenvalue weighted by molar-refractivity contribution is -0.172. The number of carbonyl (C=O) groups excluding carboxylic acids is 1. The smallest absolute Gasteiger partial charge is 0.271 e. The van der Waals surface area contributed by atoms with Crippen molar-refractivity contribution in [3.8, 4) is 5.75 Å². The van der Waals surface area contributed by atoms with Gasteiger partial charge in [-0.2, -0.15) is 0 Å². The van der Waals surface area contributed by atoms with Crippen molar-refractivity contribution in [2.75, 3.05) is 13.4 Å². The molecule has 0 unspecified atom stereocenters. The Hall–Kier alpha value is -1.74. The van der Waals surface area contributed by atoms with E-state index in [-0.39, 0.29) is 31.0 Å². The maximum atomic E-state index is 11.2. The number of hydrogen-bond donors (Lipinski definition) is 2. The molecule has 24 heavy (non-hydrogen) atoms. The minimum absolute atomic E-state index is 0.0113. The summed E-state index contributed by atoms with van der Waals surface area (Å²) in [4.78, 5) is 11.2. The highest BCUT2D eigenvalue weighted by Crippen LogP contribution is 2.36. The molecule has 1 fully saturated rings. The monoisotopic (exact) mass is 355 g/mol. The van der Waals surface area contributed by atoms with Crippen LogP contribution in [0.1, 0.15) is 30.9 Å². The van der Waals surface area contributed by atoms with Crippen LogP contribution < -0.4 is 5.14 Å². The Morgan fingerprint density at radius 1 is 1.33 bits per heavy atom. The molecule has 0 radical (unpaired) electrons. The number of allylic oxidation sites excluding steroid dienone is 2. The van der Waals surface area contributed by atoms with Gasteiger partial charge in [-0.1, -0.05) is 30.4 Å². The van der Waals surface area contributed by atoms with Gasteiger partial charge in [-0.15, -0.1) is 0 Å². The molecule has 1 aliphatic rings. The Bertz CT molecular complexity index is 700. The van der Waals surface area contributed by atoms with E-state index in [1.54, 1.807) is 18.2 Å². The number of hydrogen-bond acceptors (Lipinski definition) is 6. The first kappa shape index (κ1) is 18.6. The average Bonchev–Trinajstić information content (AvgIpc) is 2.54. The van der Waals surface area contributed by atoms with E-state index in [1.165, 1.54) is 0 Å². The third-order valence-corrected chi connectivity index (χ3v) is 4.61. The van der Waals surface area contributed by atoms with Gasteiger partial charge in [0.05, 0.1) is 12.7 Å². The first-order valence-electron chi connectivity index (χ1n) is 7.57. The number of carbonyl (C=O) groups is 1. The molecule has 2 atom stereocenters. The Morgan fingerprint density at radius 3 is 2.79 bits per heavy atom. The SMILES string of the molecule is NS(=O)(=O)C(=O)CCC=CC[C@@H]1COCO[C@@H]1c1ccccc1O. The van der Waals surface area contributed by atoms with Crippen LogP contribution in [0.5, 0.6) is 5.75 Å². The second-order valence-corrected chi connectivity index (χ2v) is 7.10. The number of para-hydroxylation sites is 1. The van der Waals surface area contributed by atoms with E-state index in [9.17, 15) is 18.3 Å². The molecule has 3 N–H and O–H groups in total. The molecule has 1 aromatic carbocycles. The fourth-order valence-corrected chi connectivity index (χ4v) is 2.94. The summed E-state index contributed by atoms with van der Waals surface area (Å²) in [6.07, 6.45) is 4.07. The molecule has 2 rings (SSSR count). The Labute approximate surface area is 141 Å². The van der Waals surface area contributed by atoms with Gasteiger partial charge in [-0.25, -0.2) is 13.6 Å². The van der Waals surface area contributed by atoms with Crippen LogP contribution in [0.3, 0.4) is 0 Å². The van der Waals surface area contributed by atoms with Crippen LogP contribution in [-0.4, -0.2) is 32.0 Å². The van der Waals surface area contributed by atoms with Crippen LogP contribution in [0, 0.1) is 5.92 Å². The van der Waals surface area contributed by atoms with Crippen LogP contribution in [-0.2, 0) is 24.3 Å². The minimum Gasteiger partial charge on any atom is -0.508 e. The molecule has 1 aromatic rings. The highest BCUT2D eigenvalue weighted by Gasteiger charge is 2.29. The molecule has 0 aliphatic carbocycles. The quantitative estimate of drug-likeness (QED) is 0.749. The van der Waals surface area contributed by atoms with Crippen LogP contribution in [0.4, 0.5) is 0 Å². The van der Waals surface area contributed by atoms with Gasteiger partial charge in [-0.3, -0.25) is 4.79 Å². The maximum Gasteiger partial charge on any atom is 0.271 e. The number of benzene rings is 1. The third kappa shape index (κ3) is 5.13. The number of rotatable bonds is 6. The van der Waals surface area contributed by atoms with Crippen molar-refractivity contribution >= 4 is 15.1 Å². The van der Waals surface area contributed by atoms with E-state index in [0.717, 1.165) is 0 Å². The van der Waals surface area contributed by atoms with Gasteiger partial charge >= 0.3 is 0 Å². The van der Waals surface area contributed by atoms with E-state index in [4.69, 9.17) is 14.6 Å². The summed E-state index contributed by atoms with van der Waals surface area (Å²) in [5.74, 6) is 0.189. The lowest BCUT2D eigenvalue weighted by Gasteiger charge is -2.31. The summed E-state index contributed by atoms with van der Waals surface area (Å²) in [5.41, 5.74) is 0.712. The van der Waals surface area contributed by atoms with Crippen LogP contribution in [0.25, 0.3) is 0 Å². The second kappa shape index (κ2) is 8.39. The van der Waals surface area contributed by atoms with Crippen molar-refractivity contribution < 1.29 is 27.8 Å². The molecular weight excluding hydrogens is 334 g/mol. The van der Waals surface area contributed by atoms with Gasteiger partial charge in [0.15, 0.2) is 0 Å². The molecule has 8 heteroatoms. The zero-order valence-corrected chi connectivity index (χ0v) is 13.9. The van der Waals surface area contributed by atoms with E-state index in [2.05, 4.69) is 0 Å². The lowest BCUT2D eigenvalue weighted by atomic mass is 9.92. The Kier molecular flexibility index (Phi) is 6.50. The highest BCUT2D eigenvalue weighted by molar-refractivity contribution is 8.04. The first-order valence-corrected chi connectivity index (χ1v) is 9.12. The summed E-state index contributed by atoms with van der Waals surface area (Å²) in [7, 11) is -4.10. The summed E-state index contributed by atoms with van der Waals surface area (Å²) in [6.45, 7) is 0.654. The van der Waals surface area contributed by atoms with Crippen molar-refractivity contribution in [1.29, 1.82) is 0 Å². The van der Waals surface area contributed by atoms with E-state index in [1.807, 2.05) is 18.2 Å². The van der Waals surface area contributed by atoms with Crippen molar-refractivity contribution in [2.24, 2.45) is 11.1 Å². The Balaban J connectivity index is 1.91. The zero-order chi connectivity index (χ0) is 17.6. The number of ether oxygens (including phenoxy) is 2. The van der Waals surface area contributed by atoms with Crippen LogP contribution in [0.2, 0.25) is 0 Å². The van der Waals surface area contributed by atoms with Crippen molar-refractivity contribution in [3.63, 3.8) is 0 Å². The standard InChI is InChI=1S/C16H21NO6S/c17-24(20,21)15(19)9-3-1-2-6-12-10-22-11-23-16(12)13-7-4-5-8-14(13)18/h1-2,4-5,7-8,12,16,18H,3,6,9-11H2,(H2,17,20,21)/t12-,16+/m1/s1. The lowest BCUT2D eigenvalue weighted by Crippen LogP contribution is -2.27. The maximum absolute atomic E-state index is 11.2. The fraction of sp³-hybridized carbons (Fsp3) is 0.438. The number of sulfonamides is 1. The molecular formula is C16H21NO6S. The average molecular weight is 355 g/mol. The van der Waals surface area contributed by atoms with Gasteiger partial charge < -0.3 is 14.6 Å². The summed E-state index contributed by atoms with van der Waals surface area (Å²) >= 11 is 0. The fourth-order valence-electron chi connectivity index (χ4n) is 2.54. The predicted molar refractivity (Wildman–Crippen MR) is 87.3 cm³/mol. The third-order valence-electron chi connectivity index (χ3n) is 3.77. The molecule has 0 aromatic heterocycles. The van der Waals surface area contributed by atoms with E-state index in [0.29, 0.717) is 25.0 Å². The van der Waals surface area contributed by atoms with Crippen LogP contribution >= 0.6 is 0 Å². The van der Waals surface area contributed by atoms with Crippen molar-refractivity contribution in [2.45, 2.75) is 25.4 Å². The van der Waals surface area contributed by atoms with Gasteiger partial charge in [0, 0.05) is 17.9 Å². The topological polar surface area (TPSA) is 116 Å². The van der Waals surface area contributed by atoms with Crippen molar-refractivity contribution in [1.82, 2.24) is 0 Å². The largest absolute Gasteiger partial charge is 0.508 e. The van der Waals surface area contributed by atoms with Gasteiger partial charge in [-0.05, 0) is 18.9 Å². The molecule has 1 saturated heterocycles. The molecule has 132 valence electrons. The number of phenols is 1. The van der Waals surface area contributed by atoms with Gasteiger partial charge in [0.25, 0.3) is 15.1 Å². The highest BCUT2D eigenvalue weighted by atomic mass is 32.2. The number of primary sulfonamides is 1. The van der Waals surface area contributed by atoms with Gasteiger partial charge in [0.1, 0.15) is 12.5 Å². The zero-order valence-electron chi connectivity index (χ0n) is 13.1.